The first-order chi connectivity index (χ1) is 24.5. The molecule has 0 bridgehead atoms. The number of carbonyl (C=O) groups is 3. The highest BCUT2D eigenvalue weighted by atomic mass is 16.2. The van der Waals surface area contributed by atoms with Crippen molar-refractivity contribution in [3.63, 3.8) is 0 Å². The summed E-state index contributed by atoms with van der Waals surface area (Å²) in [6, 6.07) is 16.5. The van der Waals surface area contributed by atoms with E-state index < -0.39 is 11.1 Å². The van der Waals surface area contributed by atoms with E-state index in [1.807, 2.05) is 34.1 Å². The molecule has 0 aliphatic carbocycles. The number of rotatable bonds is 10. The van der Waals surface area contributed by atoms with E-state index in [1.54, 1.807) is 0 Å². The molecular weight excluding hydrogens is 624 g/mol. The molecule has 2 unspecified atom stereocenters. The summed E-state index contributed by atoms with van der Waals surface area (Å²) in [5, 5.41) is 0. The molecule has 2 atom stereocenters. The summed E-state index contributed by atoms with van der Waals surface area (Å²) in [7, 11) is 0. The van der Waals surface area contributed by atoms with Gasteiger partial charge in [-0.3, -0.25) is 43.8 Å². The molecule has 268 valence electrons. The molecule has 6 heterocycles. The summed E-state index contributed by atoms with van der Waals surface area (Å²) in [6.45, 7) is 8.31. The van der Waals surface area contributed by atoms with Crippen LogP contribution in [0.5, 0.6) is 0 Å². The van der Waals surface area contributed by atoms with E-state index in [1.165, 1.54) is 12.8 Å². The van der Waals surface area contributed by atoms with Crippen molar-refractivity contribution in [2.24, 2.45) is 0 Å². The molecule has 0 radical (unpaired) electrons. The first-order valence-corrected chi connectivity index (χ1v) is 19.8. The predicted octanol–water partition coefficient (Wildman–Crippen LogP) is 5.68. The van der Waals surface area contributed by atoms with Crippen molar-refractivity contribution in [3.8, 4) is 0 Å². The number of likely N-dealkylation sites (tertiary alicyclic amines) is 4. The van der Waals surface area contributed by atoms with E-state index in [9.17, 15) is 0 Å². The molecule has 2 aromatic carbocycles. The van der Waals surface area contributed by atoms with Crippen LogP contribution in [-0.4, -0.2) is 103 Å². The number of Topliss-reactive ketones (excluding diaryl/α,β-unsaturated/α-hetero) is 1. The summed E-state index contributed by atoms with van der Waals surface area (Å²) < 4.78 is 0. The van der Waals surface area contributed by atoms with Gasteiger partial charge in [-0.15, -0.1) is 0 Å². The molecule has 9 heteroatoms. The minimum atomic E-state index is -1.05. The molecule has 6 aliphatic heterocycles. The van der Waals surface area contributed by atoms with Crippen LogP contribution >= 0.6 is 0 Å². The molecule has 50 heavy (non-hydrogen) atoms. The third-order valence-electron chi connectivity index (χ3n) is 12.8. The van der Waals surface area contributed by atoms with Gasteiger partial charge in [-0.05, 0) is 116 Å². The van der Waals surface area contributed by atoms with Gasteiger partial charge in [-0.25, -0.2) is 0 Å². The van der Waals surface area contributed by atoms with E-state index in [0.717, 1.165) is 139 Å². The van der Waals surface area contributed by atoms with Crippen LogP contribution in [0.4, 0.5) is 11.4 Å². The van der Waals surface area contributed by atoms with Gasteiger partial charge in [-0.2, -0.15) is 0 Å². The van der Waals surface area contributed by atoms with Gasteiger partial charge < -0.3 is 0 Å². The van der Waals surface area contributed by atoms with Crippen molar-refractivity contribution in [1.82, 2.24) is 19.6 Å². The molecule has 6 aliphatic rings. The largest absolute Gasteiger partial charge is 0.300 e. The lowest BCUT2D eigenvalue weighted by Gasteiger charge is -2.44. The minimum absolute atomic E-state index is 0.00657. The summed E-state index contributed by atoms with van der Waals surface area (Å²) in [5.74, 6) is 0.0833. The number of carbonyl (C=O) groups excluding carboxylic acids is 3. The van der Waals surface area contributed by atoms with Gasteiger partial charge in [0.1, 0.15) is 16.9 Å². The third kappa shape index (κ3) is 5.92. The maximum absolute atomic E-state index is 15.2. The van der Waals surface area contributed by atoms with Crippen LogP contribution in [0.2, 0.25) is 0 Å². The van der Waals surface area contributed by atoms with Gasteiger partial charge in [0.15, 0.2) is 0 Å². The highest BCUT2D eigenvalue weighted by molar-refractivity contribution is 6.12. The number of amides is 2. The average Bonchev–Trinajstić information content (AvgIpc) is 3.54. The molecule has 0 aromatic heterocycles. The second-order valence-electron chi connectivity index (χ2n) is 15.8. The number of piperidine rings is 4. The number of hydrogen-bond acceptors (Lipinski definition) is 7. The summed E-state index contributed by atoms with van der Waals surface area (Å²) in [6.07, 6.45) is 13.7. The van der Waals surface area contributed by atoms with Crippen LogP contribution in [0, 0.1) is 0 Å². The molecule has 8 rings (SSSR count). The van der Waals surface area contributed by atoms with Crippen LogP contribution in [0.25, 0.3) is 0 Å². The lowest BCUT2D eigenvalue weighted by molar-refractivity contribution is -0.142. The van der Waals surface area contributed by atoms with Gasteiger partial charge in [0, 0.05) is 24.0 Å². The number of nitrogens with zero attached hydrogens (tertiary/aromatic N) is 6. The lowest BCUT2D eigenvalue weighted by atomic mass is 9.77. The number of para-hydroxylation sites is 2. The zero-order chi connectivity index (χ0) is 34.1. The van der Waals surface area contributed by atoms with Crippen molar-refractivity contribution < 1.29 is 14.4 Å². The van der Waals surface area contributed by atoms with Crippen molar-refractivity contribution in [1.29, 1.82) is 0 Å². The van der Waals surface area contributed by atoms with Crippen LogP contribution in [0.3, 0.4) is 0 Å². The van der Waals surface area contributed by atoms with E-state index in [2.05, 4.69) is 43.9 Å². The van der Waals surface area contributed by atoms with Crippen molar-refractivity contribution in [2.75, 3.05) is 75.5 Å². The summed E-state index contributed by atoms with van der Waals surface area (Å²) in [4.78, 5) is 58.9. The van der Waals surface area contributed by atoms with Gasteiger partial charge in [-0.1, -0.05) is 62.1 Å². The average molecular weight is 681 g/mol. The Morgan fingerprint density at radius 1 is 0.480 bits per heavy atom. The first-order valence-electron chi connectivity index (χ1n) is 19.8. The van der Waals surface area contributed by atoms with Crippen molar-refractivity contribution in [3.05, 3.63) is 59.7 Å². The molecule has 2 amide bonds. The van der Waals surface area contributed by atoms with Gasteiger partial charge in [0.05, 0.1) is 24.7 Å². The highest BCUT2D eigenvalue weighted by Gasteiger charge is 2.59. The Hall–Kier alpha value is -3.11. The highest BCUT2D eigenvalue weighted by Crippen LogP contribution is 2.51. The molecule has 0 N–H and O–H groups in total. The molecule has 2 aromatic rings. The fourth-order valence-corrected chi connectivity index (χ4v) is 10.3. The SMILES string of the molecule is O=C(CC1(N2CCCCC2)C(=O)N(CN2CCCCC2)c2ccccc21)CC1(N2CCCCC2)C(=O)N(CN2CCCCC2)c2ccccc21. The van der Waals surface area contributed by atoms with Crippen LogP contribution in [-0.2, 0) is 25.5 Å². The predicted molar refractivity (Wildman–Crippen MR) is 197 cm³/mol. The second-order valence-corrected chi connectivity index (χ2v) is 15.8. The van der Waals surface area contributed by atoms with Gasteiger partial charge in [0.25, 0.3) is 11.8 Å². The van der Waals surface area contributed by atoms with Crippen LogP contribution in [0.15, 0.2) is 48.5 Å². The number of hydrogen-bond donors (Lipinski definition) is 0. The quantitative estimate of drug-likeness (QED) is 0.320. The number of anilines is 2. The standard InChI is InChI=1S/C41H56N6O3/c48-33(29-40(44-25-13-3-14-26-44)34-17-5-7-19-36(34)46(38(40)49)31-42-21-9-1-10-22-42)30-41(45-27-15-4-16-28-45)35-18-6-8-20-37(35)47(39(41)50)32-43-23-11-2-12-24-43/h5-8,17-20H,1-4,9-16,21-32H2. The molecule has 0 spiro atoms. The van der Waals surface area contributed by atoms with Crippen LogP contribution in [0.1, 0.15) is 101 Å². The van der Waals surface area contributed by atoms with E-state index in [-0.39, 0.29) is 30.4 Å². The van der Waals surface area contributed by atoms with Gasteiger partial charge >= 0.3 is 0 Å². The zero-order valence-electron chi connectivity index (χ0n) is 30.0. The Balaban J connectivity index is 1.16. The zero-order valence-corrected chi connectivity index (χ0v) is 30.0. The summed E-state index contributed by atoms with van der Waals surface area (Å²) in [5.41, 5.74) is 1.72. The maximum Gasteiger partial charge on any atom is 0.253 e. The maximum atomic E-state index is 15.2. The minimum Gasteiger partial charge on any atom is -0.300 e. The summed E-state index contributed by atoms with van der Waals surface area (Å²) >= 11 is 0. The number of ketones is 1. The fourth-order valence-electron chi connectivity index (χ4n) is 10.3. The first kappa shape index (κ1) is 34.0. The molecule has 4 saturated heterocycles. The molecular formula is C41H56N6O3. The Labute approximate surface area is 298 Å². The topological polar surface area (TPSA) is 70.7 Å². The van der Waals surface area contributed by atoms with Crippen molar-refractivity contribution >= 4 is 29.0 Å². The Bertz CT molecular complexity index is 1440. The normalized spacial score (nSPS) is 28.6. The van der Waals surface area contributed by atoms with E-state index >= 15 is 14.4 Å². The Kier molecular flexibility index (Phi) is 9.85. The van der Waals surface area contributed by atoms with E-state index in [4.69, 9.17) is 0 Å². The van der Waals surface area contributed by atoms with Gasteiger partial charge in [0.2, 0.25) is 0 Å². The monoisotopic (exact) mass is 680 g/mol. The number of benzene rings is 2. The lowest BCUT2D eigenvalue weighted by Crippen LogP contribution is -2.59. The molecule has 9 nitrogen and oxygen atoms in total. The van der Waals surface area contributed by atoms with Crippen molar-refractivity contribution in [2.45, 2.75) is 101 Å². The number of fused-ring (bicyclic) bond motifs is 2. The fraction of sp³-hybridized carbons (Fsp3) is 0.634. The Morgan fingerprint density at radius 2 is 0.820 bits per heavy atom. The second kappa shape index (κ2) is 14.5. The Morgan fingerprint density at radius 3 is 1.20 bits per heavy atom. The third-order valence-corrected chi connectivity index (χ3v) is 12.8. The smallest absolute Gasteiger partial charge is 0.253 e. The molecule has 0 saturated carbocycles. The van der Waals surface area contributed by atoms with E-state index in [0.29, 0.717) is 13.3 Å². The van der Waals surface area contributed by atoms with Crippen LogP contribution < -0.4 is 9.80 Å². The molecule has 4 fully saturated rings.